The highest BCUT2D eigenvalue weighted by Crippen LogP contribution is 2.48. The second kappa shape index (κ2) is 11.1. The van der Waals surface area contributed by atoms with E-state index < -0.39 is 0 Å². The normalized spacial score (nSPS) is 12.3. The number of hydrogen-bond acceptors (Lipinski definition) is 0. The van der Waals surface area contributed by atoms with Crippen LogP contribution in [0.15, 0.2) is 194 Å². The molecule has 1 aliphatic rings. The summed E-state index contributed by atoms with van der Waals surface area (Å²) in [7, 11) is 0. The van der Waals surface area contributed by atoms with Crippen molar-refractivity contribution in [2.45, 2.75) is 0 Å². The summed E-state index contributed by atoms with van der Waals surface area (Å²) in [4.78, 5) is 0. The number of rotatable bonds is 3. The lowest BCUT2D eigenvalue weighted by molar-refractivity contribution is 1.18. The van der Waals surface area contributed by atoms with Crippen molar-refractivity contribution >= 4 is 75.9 Å². The molecule has 0 aliphatic heterocycles. The summed E-state index contributed by atoms with van der Waals surface area (Å²) in [6.45, 7) is 0. The minimum atomic E-state index is 1.18. The fraction of sp³-hybridized carbons (Fsp3) is 0. The molecule has 56 heavy (non-hydrogen) atoms. The molecule has 2 nitrogen and oxygen atoms in total. The molecule has 258 valence electrons. The monoisotopic (exact) mass is 708 g/mol. The van der Waals surface area contributed by atoms with Crippen LogP contribution < -0.4 is 0 Å². The average Bonchev–Trinajstić information content (AvgIpc) is 3.89. The van der Waals surface area contributed by atoms with Gasteiger partial charge in [-0.05, 0) is 115 Å². The van der Waals surface area contributed by atoms with Gasteiger partial charge < -0.3 is 9.13 Å². The van der Waals surface area contributed by atoms with Gasteiger partial charge in [0.1, 0.15) is 0 Å². The zero-order valence-corrected chi connectivity index (χ0v) is 30.4. The van der Waals surface area contributed by atoms with Gasteiger partial charge >= 0.3 is 0 Å². The highest BCUT2D eigenvalue weighted by atomic mass is 15.0. The summed E-state index contributed by atoms with van der Waals surface area (Å²) < 4.78 is 4.92. The molecule has 0 atom stereocenters. The van der Waals surface area contributed by atoms with E-state index in [4.69, 9.17) is 0 Å². The van der Waals surface area contributed by atoms with Crippen molar-refractivity contribution in [2.75, 3.05) is 0 Å². The molecule has 10 aromatic carbocycles. The largest absolute Gasteiger partial charge is 0.309 e. The molecule has 0 spiro atoms. The van der Waals surface area contributed by atoms with Crippen molar-refractivity contribution in [2.24, 2.45) is 0 Å². The lowest BCUT2D eigenvalue weighted by Crippen LogP contribution is -1.95. The summed E-state index contributed by atoms with van der Waals surface area (Å²) in [5.74, 6) is 0. The van der Waals surface area contributed by atoms with E-state index in [9.17, 15) is 0 Å². The van der Waals surface area contributed by atoms with Gasteiger partial charge in [-0.1, -0.05) is 140 Å². The van der Waals surface area contributed by atoms with Crippen LogP contribution in [-0.2, 0) is 0 Å². The molecule has 13 rings (SSSR count). The van der Waals surface area contributed by atoms with Gasteiger partial charge in [-0.3, -0.25) is 0 Å². The van der Waals surface area contributed by atoms with Crippen LogP contribution in [0.1, 0.15) is 0 Å². The Balaban J connectivity index is 1.00. The highest BCUT2D eigenvalue weighted by molar-refractivity contribution is 6.20. The maximum Gasteiger partial charge on any atom is 0.0619 e. The molecular weight excluding hydrogens is 677 g/mol. The Morgan fingerprint density at radius 1 is 0.268 bits per heavy atom. The van der Waals surface area contributed by atoms with Gasteiger partial charge in [0.05, 0.1) is 22.1 Å². The minimum Gasteiger partial charge on any atom is -0.309 e. The molecule has 2 aromatic heterocycles. The molecule has 0 fully saturated rings. The third-order valence-corrected chi connectivity index (χ3v) is 12.4. The first-order valence-electron chi connectivity index (χ1n) is 19.4. The van der Waals surface area contributed by atoms with E-state index in [1.54, 1.807) is 0 Å². The lowest BCUT2D eigenvalue weighted by atomic mass is 10.00. The van der Waals surface area contributed by atoms with E-state index in [-0.39, 0.29) is 0 Å². The standard InChI is InChI=1S/C54H32N2/c1-2-11-36-29-39(23-19-33(36)9-1)56-52-28-22-38(31-49(52)46-25-20-34-10-3-4-14-41(34)54(46)56)37-21-27-51-48(30-37)43-15-5-6-18-50(43)55(51)40-24-26-42-44-16-7-12-35-13-8-17-45(53(35)44)47(42)32-40/h1-32H. The molecule has 2 heteroatoms. The fourth-order valence-corrected chi connectivity index (χ4v) is 9.89. The number of fused-ring (bicyclic) bond motifs is 12. The Labute approximate surface area is 322 Å². The number of para-hydroxylation sites is 1. The third kappa shape index (κ3) is 4.05. The third-order valence-electron chi connectivity index (χ3n) is 12.4. The molecule has 0 amide bonds. The van der Waals surface area contributed by atoms with Crippen molar-refractivity contribution in [3.05, 3.63) is 194 Å². The average molecular weight is 709 g/mol. The SMILES string of the molecule is c1ccc2cc(-n3c4ccc(-c5ccc6c(c5)c5ccccc5n6-c5ccc6c(c5)-c5cccc7cccc-6c57)cc4c4ccc5ccccc5c43)ccc2c1. The maximum atomic E-state index is 2.47. The van der Waals surface area contributed by atoms with E-state index in [0.29, 0.717) is 0 Å². The molecule has 0 saturated carbocycles. The van der Waals surface area contributed by atoms with Crippen LogP contribution in [-0.4, -0.2) is 9.13 Å². The smallest absolute Gasteiger partial charge is 0.0619 e. The Hall–Kier alpha value is -7.42. The van der Waals surface area contributed by atoms with E-state index in [1.807, 2.05) is 0 Å². The van der Waals surface area contributed by atoms with Gasteiger partial charge in [-0.15, -0.1) is 0 Å². The molecule has 0 N–H and O–H groups in total. The van der Waals surface area contributed by atoms with Crippen molar-refractivity contribution in [3.8, 4) is 44.8 Å². The van der Waals surface area contributed by atoms with E-state index in [2.05, 4.69) is 203 Å². The highest BCUT2D eigenvalue weighted by Gasteiger charge is 2.23. The number of benzene rings is 10. The summed E-state index contributed by atoms with van der Waals surface area (Å²) >= 11 is 0. The van der Waals surface area contributed by atoms with Crippen LogP contribution in [0.4, 0.5) is 0 Å². The van der Waals surface area contributed by atoms with Crippen molar-refractivity contribution in [3.63, 3.8) is 0 Å². The first-order chi connectivity index (χ1) is 27.8. The van der Waals surface area contributed by atoms with Gasteiger partial charge in [0, 0.05) is 38.3 Å². The van der Waals surface area contributed by atoms with Crippen LogP contribution >= 0.6 is 0 Å². The zero-order chi connectivity index (χ0) is 36.5. The molecule has 0 unspecified atom stereocenters. The first kappa shape index (κ1) is 30.0. The molecule has 1 aliphatic carbocycles. The molecule has 0 saturated heterocycles. The van der Waals surface area contributed by atoms with Gasteiger partial charge in [0.25, 0.3) is 0 Å². The zero-order valence-electron chi connectivity index (χ0n) is 30.4. The summed E-state index contributed by atoms with van der Waals surface area (Å²) in [5.41, 5.74) is 14.9. The van der Waals surface area contributed by atoms with Gasteiger partial charge in [0.15, 0.2) is 0 Å². The van der Waals surface area contributed by atoms with Crippen LogP contribution in [0.2, 0.25) is 0 Å². The second-order valence-corrected chi connectivity index (χ2v) is 15.3. The Kier molecular flexibility index (Phi) is 5.92. The molecule has 0 radical (unpaired) electrons. The topological polar surface area (TPSA) is 9.86 Å². The van der Waals surface area contributed by atoms with Crippen LogP contribution in [0.3, 0.4) is 0 Å². The van der Waals surface area contributed by atoms with Crippen molar-refractivity contribution < 1.29 is 0 Å². The summed E-state index contributed by atoms with van der Waals surface area (Å²) in [6, 6.07) is 72.1. The first-order valence-corrected chi connectivity index (χ1v) is 19.4. The number of nitrogens with zero attached hydrogens (tertiary/aromatic N) is 2. The van der Waals surface area contributed by atoms with E-state index >= 15 is 0 Å². The second-order valence-electron chi connectivity index (χ2n) is 15.3. The predicted octanol–water partition coefficient (Wildman–Crippen LogP) is 14.7. The quantitative estimate of drug-likeness (QED) is 0.173. The van der Waals surface area contributed by atoms with Gasteiger partial charge in [-0.25, -0.2) is 0 Å². The molecular formula is C54H32N2. The van der Waals surface area contributed by atoms with Crippen molar-refractivity contribution in [1.29, 1.82) is 0 Å². The van der Waals surface area contributed by atoms with E-state index in [1.165, 1.54) is 121 Å². The van der Waals surface area contributed by atoms with E-state index in [0.717, 1.165) is 0 Å². The molecule has 0 bridgehead atoms. The summed E-state index contributed by atoms with van der Waals surface area (Å²) in [6.07, 6.45) is 0. The maximum absolute atomic E-state index is 2.47. The van der Waals surface area contributed by atoms with Gasteiger partial charge in [0.2, 0.25) is 0 Å². The fourth-order valence-electron chi connectivity index (χ4n) is 9.89. The van der Waals surface area contributed by atoms with Gasteiger partial charge in [-0.2, -0.15) is 0 Å². The Morgan fingerprint density at radius 3 is 1.68 bits per heavy atom. The van der Waals surface area contributed by atoms with Crippen LogP contribution in [0.25, 0.3) is 121 Å². The van der Waals surface area contributed by atoms with Crippen LogP contribution in [0.5, 0.6) is 0 Å². The lowest BCUT2D eigenvalue weighted by Gasteiger charge is -2.12. The molecule has 12 aromatic rings. The summed E-state index contributed by atoms with van der Waals surface area (Å²) in [5, 5.41) is 12.7. The minimum absolute atomic E-state index is 1.18. The number of aromatic nitrogens is 2. The Morgan fingerprint density at radius 2 is 0.857 bits per heavy atom. The Bertz CT molecular complexity index is 3650. The predicted molar refractivity (Wildman–Crippen MR) is 238 cm³/mol. The molecule has 2 heterocycles. The van der Waals surface area contributed by atoms with Crippen molar-refractivity contribution in [1.82, 2.24) is 9.13 Å². The number of hydrogen-bond donors (Lipinski definition) is 0. The van der Waals surface area contributed by atoms with Crippen LogP contribution in [0, 0.1) is 0 Å².